The first kappa shape index (κ1) is 12.5. The second kappa shape index (κ2) is 4.87. The highest BCUT2D eigenvalue weighted by molar-refractivity contribution is 6.30. The number of hydrogen-bond acceptors (Lipinski definition) is 4. The van der Waals surface area contributed by atoms with Crippen LogP contribution in [0.1, 0.15) is 22.6 Å². The minimum atomic E-state index is 0.492. The van der Waals surface area contributed by atoms with Crippen molar-refractivity contribution in [2.24, 2.45) is 0 Å². The van der Waals surface area contributed by atoms with Crippen molar-refractivity contribution in [3.05, 3.63) is 39.9 Å². The first-order valence-corrected chi connectivity index (χ1v) is 6.60. The summed E-state index contributed by atoms with van der Waals surface area (Å²) in [4.78, 5) is 13.4. The molecule has 1 aliphatic heterocycles. The van der Waals surface area contributed by atoms with Crippen molar-refractivity contribution in [1.29, 1.82) is 0 Å². The molecule has 0 saturated carbocycles. The van der Waals surface area contributed by atoms with Gasteiger partial charge in [0.2, 0.25) is 0 Å². The Bertz CT molecular complexity index is 623. The topological polar surface area (TPSA) is 47.9 Å². The monoisotopic (exact) mass is 275 g/mol. The molecule has 0 saturated heterocycles. The Labute approximate surface area is 116 Å². The molecule has 3 rings (SSSR count). The molecule has 2 aromatic heterocycles. The number of aryl methyl sites for hydroxylation is 2. The van der Waals surface area contributed by atoms with Crippen LogP contribution in [0.25, 0.3) is 11.4 Å². The Morgan fingerprint density at radius 2 is 1.84 bits per heavy atom. The van der Waals surface area contributed by atoms with Gasteiger partial charge in [-0.15, -0.1) is 0 Å². The van der Waals surface area contributed by atoms with Gasteiger partial charge in [-0.25, -0.2) is 9.97 Å². The summed E-state index contributed by atoms with van der Waals surface area (Å²) >= 11 is 6.23. The smallest absolute Gasteiger partial charge is 0.161 e. The van der Waals surface area contributed by atoms with E-state index >= 15 is 0 Å². The highest BCUT2D eigenvalue weighted by Crippen LogP contribution is 2.26. The zero-order valence-corrected chi connectivity index (χ0v) is 11.7. The third kappa shape index (κ3) is 2.46. The van der Waals surface area contributed by atoms with E-state index in [1.165, 1.54) is 0 Å². The molecule has 0 aromatic carbocycles. The summed E-state index contributed by atoms with van der Waals surface area (Å²) in [5.41, 5.74) is 4.78. The van der Waals surface area contributed by atoms with Gasteiger partial charge in [-0.3, -0.25) is 4.98 Å². The number of nitrogens with zero attached hydrogens (tertiary/aromatic N) is 3. The number of aromatic nitrogens is 3. The average molecular weight is 276 g/mol. The lowest BCUT2D eigenvalue weighted by atomic mass is 10.1. The average Bonchev–Trinajstić information content (AvgIpc) is 2.37. The normalized spacial score (nSPS) is 14.3. The minimum Gasteiger partial charge on any atom is -0.376 e. The summed E-state index contributed by atoms with van der Waals surface area (Å²) in [6, 6.07) is 3.95. The molecule has 5 heteroatoms. The van der Waals surface area contributed by atoms with E-state index in [0.29, 0.717) is 24.2 Å². The lowest BCUT2D eigenvalue weighted by molar-refractivity contribution is 0.109. The Kier molecular flexibility index (Phi) is 3.21. The molecule has 0 unspecified atom stereocenters. The largest absolute Gasteiger partial charge is 0.376 e. The summed E-state index contributed by atoms with van der Waals surface area (Å²) < 4.78 is 5.39. The highest BCUT2D eigenvalue weighted by Gasteiger charge is 2.18. The zero-order chi connectivity index (χ0) is 13.4. The molecular formula is C14H14ClN3O. The number of pyridine rings is 1. The quantitative estimate of drug-likeness (QED) is 0.751. The van der Waals surface area contributed by atoms with E-state index in [9.17, 15) is 0 Å². The fraction of sp³-hybridized carbons (Fsp3) is 0.357. The summed E-state index contributed by atoms with van der Waals surface area (Å²) in [5.74, 6) is 0.666. The molecule has 0 amide bonds. The lowest BCUT2D eigenvalue weighted by Crippen LogP contribution is -2.14. The van der Waals surface area contributed by atoms with Crippen molar-refractivity contribution < 1.29 is 4.74 Å². The molecule has 0 spiro atoms. The Morgan fingerprint density at radius 1 is 1.11 bits per heavy atom. The van der Waals surface area contributed by atoms with Gasteiger partial charge in [0.1, 0.15) is 5.15 Å². The second-order valence-electron chi connectivity index (χ2n) is 4.70. The van der Waals surface area contributed by atoms with Crippen molar-refractivity contribution in [3.63, 3.8) is 0 Å². The Morgan fingerprint density at radius 3 is 2.58 bits per heavy atom. The fourth-order valence-corrected chi connectivity index (χ4v) is 2.53. The van der Waals surface area contributed by atoms with Crippen LogP contribution in [-0.2, 0) is 17.8 Å². The van der Waals surface area contributed by atoms with E-state index in [1.807, 2.05) is 26.0 Å². The van der Waals surface area contributed by atoms with Crippen LogP contribution in [0.5, 0.6) is 0 Å². The number of ether oxygens (including phenoxy) is 1. The Balaban J connectivity index is 2.12. The maximum absolute atomic E-state index is 6.23. The number of fused-ring (bicyclic) bond motifs is 1. The van der Waals surface area contributed by atoms with Crippen LogP contribution in [-0.4, -0.2) is 21.6 Å². The molecule has 19 heavy (non-hydrogen) atoms. The van der Waals surface area contributed by atoms with Crippen molar-refractivity contribution >= 4 is 11.6 Å². The number of hydrogen-bond donors (Lipinski definition) is 0. The Hall–Kier alpha value is -1.52. The van der Waals surface area contributed by atoms with E-state index in [0.717, 1.165) is 34.6 Å². The van der Waals surface area contributed by atoms with Gasteiger partial charge in [0.25, 0.3) is 0 Å². The molecule has 3 heterocycles. The van der Waals surface area contributed by atoms with E-state index in [2.05, 4.69) is 15.0 Å². The van der Waals surface area contributed by atoms with Crippen molar-refractivity contribution in [2.45, 2.75) is 26.9 Å². The predicted octanol–water partition coefficient (Wildman–Crippen LogP) is 2.88. The van der Waals surface area contributed by atoms with Gasteiger partial charge in [-0.1, -0.05) is 11.6 Å². The van der Waals surface area contributed by atoms with Crippen LogP contribution in [0.2, 0.25) is 5.15 Å². The maximum Gasteiger partial charge on any atom is 0.161 e. The molecule has 1 aliphatic rings. The van der Waals surface area contributed by atoms with Gasteiger partial charge in [0.15, 0.2) is 5.82 Å². The van der Waals surface area contributed by atoms with E-state index in [1.54, 1.807) is 0 Å². The van der Waals surface area contributed by atoms with Gasteiger partial charge in [-0.2, -0.15) is 0 Å². The third-order valence-corrected chi connectivity index (χ3v) is 3.42. The highest BCUT2D eigenvalue weighted by atomic mass is 35.5. The standard InChI is InChI=1S/C14H14ClN3O/c1-8-5-10(6-9(2)16-8)14-17-12-3-4-19-7-11(12)13(15)18-14/h5-6H,3-4,7H2,1-2H3. The molecule has 98 valence electrons. The maximum atomic E-state index is 6.23. The molecule has 0 atom stereocenters. The molecule has 0 N–H and O–H groups in total. The number of halogens is 1. The van der Waals surface area contributed by atoms with E-state index in [4.69, 9.17) is 16.3 Å². The van der Waals surface area contributed by atoms with Crippen LogP contribution in [0.15, 0.2) is 12.1 Å². The predicted molar refractivity (Wildman–Crippen MR) is 73.1 cm³/mol. The van der Waals surface area contributed by atoms with Crippen LogP contribution in [0.3, 0.4) is 0 Å². The zero-order valence-electron chi connectivity index (χ0n) is 10.9. The van der Waals surface area contributed by atoms with Crippen molar-refractivity contribution in [1.82, 2.24) is 15.0 Å². The number of rotatable bonds is 1. The second-order valence-corrected chi connectivity index (χ2v) is 5.06. The van der Waals surface area contributed by atoms with E-state index in [-0.39, 0.29) is 0 Å². The molecular weight excluding hydrogens is 262 g/mol. The van der Waals surface area contributed by atoms with Crippen LogP contribution < -0.4 is 0 Å². The van der Waals surface area contributed by atoms with Crippen LogP contribution in [0.4, 0.5) is 0 Å². The summed E-state index contributed by atoms with van der Waals surface area (Å²) in [5, 5.41) is 0.492. The first-order chi connectivity index (χ1) is 9.13. The SMILES string of the molecule is Cc1cc(-c2nc(Cl)c3c(n2)CCOC3)cc(C)n1. The minimum absolute atomic E-state index is 0.492. The molecule has 0 aliphatic carbocycles. The van der Waals surface area contributed by atoms with Gasteiger partial charge < -0.3 is 4.74 Å². The lowest BCUT2D eigenvalue weighted by Gasteiger charge is -2.17. The molecule has 0 bridgehead atoms. The van der Waals surface area contributed by atoms with E-state index < -0.39 is 0 Å². The van der Waals surface area contributed by atoms with Gasteiger partial charge in [-0.05, 0) is 26.0 Å². The molecule has 0 radical (unpaired) electrons. The van der Waals surface area contributed by atoms with Crippen LogP contribution >= 0.6 is 11.6 Å². The summed E-state index contributed by atoms with van der Waals surface area (Å²) in [6.45, 7) is 5.12. The fourth-order valence-electron chi connectivity index (χ4n) is 2.29. The molecule has 0 fully saturated rings. The first-order valence-electron chi connectivity index (χ1n) is 6.22. The van der Waals surface area contributed by atoms with Gasteiger partial charge in [0.05, 0.1) is 18.9 Å². The summed E-state index contributed by atoms with van der Waals surface area (Å²) in [7, 11) is 0. The van der Waals surface area contributed by atoms with Gasteiger partial charge >= 0.3 is 0 Å². The van der Waals surface area contributed by atoms with Crippen molar-refractivity contribution in [2.75, 3.05) is 6.61 Å². The summed E-state index contributed by atoms with van der Waals surface area (Å²) in [6.07, 6.45) is 0.785. The third-order valence-electron chi connectivity index (χ3n) is 3.11. The molecule has 4 nitrogen and oxygen atoms in total. The molecule has 2 aromatic rings. The van der Waals surface area contributed by atoms with Gasteiger partial charge in [0, 0.05) is 28.9 Å². The van der Waals surface area contributed by atoms with Crippen molar-refractivity contribution in [3.8, 4) is 11.4 Å². The van der Waals surface area contributed by atoms with Crippen LogP contribution in [0, 0.1) is 13.8 Å².